The molecule has 1 aromatic heterocycles. The summed E-state index contributed by atoms with van der Waals surface area (Å²) >= 11 is 0. The van der Waals surface area contributed by atoms with E-state index in [-0.39, 0.29) is 0 Å². The van der Waals surface area contributed by atoms with Crippen LogP contribution < -0.4 is 10.6 Å². The SMILES string of the molecule is CCCNCCNc1cc(C)nc(C)c1C#N. The summed E-state index contributed by atoms with van der Waals surface area (Å²) in [4.78, 5) is 4.28. The molecule has 0 saturated carbocycles. The van der Waals surface area contributed by atoms with Gasteiger partial charge < -0.3 is 10.6 Å². The summed E-state index contributed by atoms with van der Waals surface area (Å²) in [5.74, 6) is 0. The Bertz CT molecular complexity index is 407. The van der Waals surface area contributed by atoms with Crippen molar-refractivity contribution >= 4 is 5.69 Å². The van der Waals surface area contributed by atoms with Gasteiger partial charge in [-0.1, -0.05) is 6.92 Å². The molecule has 0 spiro atoms. The van der Waals surface area contributed by atoms with E-state index < -0.39 is 0 Å². The van der Waals surface area contributed by atoms with Gasteiger partial charge in [-0.3, -0.25) is 4.98 Å². The van der Waals surface area contributed by atoms with E-state index in [9.17, 15) is 0 Å². The second-order valence-electron chi connectivity index (χ2n) is 4.06. The first kappa shape index (κ1) is 13.5. The molecule has 4 heteroatoms. The first-order valence-corrected chi connectivity index (χ1v) is 6.02. The minimum Gasteiger partial charge on any atom is -0.383 e. The van der Waals surface area contributed by atoms with Crippen LogP contribution in [0.25, 0.3) is 0 Å². The molecule has 0 aliphatic carbocycles. The van der Waals surface area contributed by atoms with E-state index in [2.05, 4.69) is 28.6 Å². The van der Waals surface area contributed by atoms with E-state index in [1.807, 2.05) is 19.9 Å². The molecule has 0 aliphatic heterocycles. The Balaban J connectivity index is 2.61. The molecule has 0 aliphatic rings. The normalized spacial score (nSPS) is 10.0. The molecule has 0 amide bonds. The fourth-order valence-electron chi connectivity index (χ4n) is 1.70. The van der Waals surface area contributed by atoms with Gasteiger partial charge in [-0.25, -0.2) is 0 Å². The summed E-state index contributed by atoms with van der Waals surface area (Å²) in [5.41, 5.74) is 3.25. The maximum atomic E-state index is 9.09. The van der Waals surface area contributed by atoms with Crippen LogP contribution in [0, 0.1) is 25.2 Å². The number of pyridine rings is 1. The number of hydrogen-bond acceptors (Lipinski definition) is 4. The van der Waals surface area contributed by atoms with Gasteiger partial charge in [-0.2, -0.15) is 5.26 Å². The van der Waals surface area contributed by atoms with E-state index >= 15 is 0 Å². The number of anilines is 1. The van der Waals surface area contributed by atoms with E-state index in [0.717, 1.165) is 43.1 Å². The lowest BCUT2D eigenvalue weighted by Crippen LogP contribution is -2.23. The van der Waals surface area contributed by atoms with Gasteiger partial charge in [-0.15, -0.1) is 0 Å². The molecule has 1 aromatic rings. The average Bonchev–Trinajstić information content (AvgIpc) is 2.28. The van der Waals surface area contributed by atoms with E-state index in [1.165, 1.54) is 0 Å². The number of nitriles is 1. The van der Waals surface area contributed by atoms with E-state index in [0.29, 0.717) is 5.56 Å². The molecule has 17 heavy (non-hydrogen) atoms. The van der Waals surface area contributed by atoms with Crippen molar-refractivity contribution in [2.24, 2.45) is 0 Å². The zero-order chi connectivity index (χ0) is 12.7. The Labute approximate surface area is 103 Å². The molecule has 0 fully saturated rings. The molecule has 0 aromatic carbocycles. The third-order valence-corrected chi connectivity index (χ3v) is 2.48. The van der Waals surface area contributed by atoms with Gasteiger partial charge in [0.05, 0.1) is 16.9 Å². The second-order valence-corrected chi connectivity index (χ2v) is 4.06. The summed E-state index contributed by atoms with van der Waals surface area (Å²) in [7, 11) is 0. The zero-order valence-electron chi connectivity index (χ0n) is 10.8. The summed E-state index contributed by atoms with van der Waals surface area (Å²) in [6.45, 7) is 8.70. The predicted molar refractivity (Wildman–Crippen MR) is 70.1 cm³/mol. The van der Waals surface area contributed by atoms with Gasteiger partial charge in [0.15, 0.2) is 0 Å². The number of aromatic nitrogens is 1. The predicted octanol–water partition coefficient (Wildman–Crippen LogP) is 1.98. The van der Waals surface area contributed by atoms with Crippen LogP contribution in [0.15, 0.2) is 6.07 Å². The quantitative estimate of drug-likeness (QED) is 0.736. The number of rotatable bonds is 6. The minimum absolute atomic E-state index is 0.645. The fourth-order valence-corrected chi connectivity index (χ4v) is 1.70. The lowest BCUT2D eigenvalue weighted by molar-refractivity contribution is 0.687. The van der Waals surface area contributed by atoms with Gasteiger partial charge >= 0.3 is 0 Å². The van der Waals surface area contributed by atoms with Crippen LogP contribution in [-0.2, 0) is 0 Å². The van der Waals surface area contributed by atoms with Crippen LogP contribution in [0.2, 0.25) is 0 Å². The summed E-state index contributed by atoms with van der Waals surface area (Å²) in [6.07, 6.45) is 1.14. The van der Waals surface area contributed by atoms with Crippen molar-refractivity contribution in [1.29, 1.82) is 5.26 Å². The van der Waals surface area contributed by atoms with Gasteiger partial charge in [0, 0.05) is 18.8 Å². The first-order valence-electron chi connectivity index (χ1n) is 6.02. The van der Waals surface area contributed by atoms with Gasteiger partial charge in [-0.05, 0) is 32.9 Å². The fraction of sp³-hybridized carbons (Fsp3) is 0.538. The zero-order valence-corrected chi connectivity index (χ0v) is 10.8. The highest BCUT2D eigenvalue weighted by Gasteiger charge is 2.06. The number of hydrogen-bond donors (Lipinski definition) is 2. The monoisotopic (exact) mass is 232 g/mol. The molecule has 1 rings (SSSR count). The Kier molecular flexibility index (Phi) is 5.44. The Hall–Kier alpha value is -1.60. The maximum Gasteiger partial charge on any atom is 0.103 e. The Morgan fingerprint density at radius 3 is 2.71 bits per heavy atom. The second kappa shape index (κ2) is 6.87. The van der Waals surface area contributed by atoms with Gasteiger partial charge in [0.1, 0.15) is 6.07 Å². The molecule has 2 N–H and O–H groups in total. The van der Waals surface area contributed by atoms with Crippen LogP contribution in [0.5, 0.6) is 0 Å². The topological polar surface area (TPSA) is 60.7 Å². The Morgan fingerprint density at radius 2 is 2.06 bits per heavy atom. The maximum absolute atomic E-state index is 9.09. The summed E-state index contributed by atoms with van der Waals surface area (Å²) in [6, 6.07) is 4.12. The molecule has 4 nitrogen and oxygen atoms in total. The number of aryl methyl sites for hydroxylation is 2. The highest BCUT2D eigenvalue weighted by atomic mass is 14.9. The van der Waals surface area contributed by atoms with Crippen molar-refractivity contribution in [2.75, 3.05) is 25.0 Å². The van der Waals surface area contributed by atoms with Crippen molar-refractivity contribution in [2.45, 2.75) is 27.2 Å². The standard InChI is InChI=1S/C13H20N4/c1-4-5-15-6-7-16-13-8-10(2)17-11(3)12(13)9-14/h8,15H,4-7H2,1-3H3,(H,16,17). The van der Waals surface area contributed by atoms with E-state index in [1.54, 1.807) is 0 Å². The highest BCUT2D eigenvalue weighted by Crippen LogP contribution is 2.18. The molecule has 0 bridgehead atoms. The summed E-state index contributed by atoms with van der Waals surface area (Å²) < 4.78 is 0. The van der Waals surface area contributed by atoms with Crippen molar-refractivity contribution in [3.8, 4) is 6.07 Å². The lowest BCUT2D eigenvalue weighted by Gasteiger charge is -2.11. The highest BCUT2D eigenvalue weighted by molar-refractivity contribution is 5.59. The first-order chi connectivity index (χ1) is 8.19. The third kappa shape index (κ3) is 4.04. The van der Waals surface area contributed by atoms with Gasteiger partial charge in [0.25, 0.3) is 0 Å². The van der Waals surface area contributed by atoms with Crippen molar-refractivity contribution in [3.63, 3.8) is 0 Å². The van der Waals surface area contributed by atoms with Crippen LogP contribution in [0.3, 0.4) is 0 Å². The molecule has 0 radical (unpaired) electrons. The Morgan fingerprint density at radius 1 is 1.29 bits per heavy atom. The molecule has 1 heterocycles. The smallest absolute Gasteiger partial charge is 0.103 e. The molecular formula is C13H20N4. The third-order valence-electron chi connectivity index (χ3n) is 2.48. The van der Waals surface area contributed by atoms with Crippen molar-refractivity contribution in [1.82, 2.24) is 10.3 Å². The van der Waals surface area contributed by atoms with Gasteiger partial charge in [0.2, 0.25) is 0 Å². The molecule has 0 atom stereocenters. The lowest BCUT2D eigenvalue weighted by atomic mass is 10.1. The minimum atomic E-state index is 0.645. The van der Waals surface area contributed by atoms with Crippen molar-refractivity contribution in [3.05, 3.63) is 23.0 Å². The molecule has 0 unspecified atom stereocenters. The summed E-state index contributed by atoms with van der Waals surface area (Å²) in [5, 5.41) is 15.7. The molecule has 92 valence electrons. The van der Waals surface area contributed by atoms with Crippen LogP contribution in [0.4, 0.5) is 5.69 Å². The van der Waals surface area contributed by atoms with Crippen LogP contribution in [0.1, 0.15) is 30.3 Å². The van der Waals surface area contributed by atoms with E-state index in [4.69, 9.17) is 5.26 Å². The van der Waals surface area contributed by atoms with Crippen LogP contribution in [-0.4, -0.2) is 24.6 Å². The number of nitrogens with zero attached hydrogens (tertiary/aromatic N) is 2. The van der Waals surface area contributed by atoms with Crippen LogP contribution >= 0.6 is 0 Å². The largest absolute Gasteiger partial charge is 0.383 e. The number of nitrogens with one attached hydrogen (secondary N) is 2. The molecule has 0 saturated heterocycles. The van der Waals surface area contributed by atoms with Crippen molar-refractivity contribution < 1.29 is 0 Å². The molecular weight excluding hydrogens is 212 g/mol. The average molecular weight is 232 g/mol.